The largest absolute Gasteiger partial charge is 0.383 e. The number of pyridine rings is 1. The number of fused-ring (bicyclic) bond motifs is 1. The van der Waals surface area contributed by atoms with Crippen LogP contribution in [0.3, 0.4) is 0 Å². The van der Waals surface area contributed by atoms with Gasteiger partial charge in [-0.2, -0.15) is 5.26 Å². The number of anilines is 1. The molecule has 1 aromatic carbocycles. The van der Waals surface area contributed by atoms with Crippen LogP contribution in [-0.2, 0) is 12.8 Å². The third kappa shape index (κ3) is 2.92. The van der Waals surface area contributed by atoms with Crippen LogP contribution in [0.2, 0.25) is 0 Å². The number of nitrogens with zero attached hydrogens (tertiary/aromatic N) is 3. The minimum atomic E-state index is 0.576. The van der Waals surface area contributed by atoms with E-state index in [0.29, 0.717) is 5.56 Å². The van der Waals surface area contributed by atoms with Crippen molar-refractivity contribution in [3.05, 3.63) is 52.1 Å². The molecule has 0 unspecified atom stereocenters. The molecule has 3 rings (SSSR count). The lowest BCUT2D eigenvalue weighted by Gasteiger charge is -2.10. The summed E-state index contributed by atoms with van der Waals surface area (Å²) in [4.78, 5) is 10.1. The van der Waals surface area contributed by atoms with Crippen molar-refractivity contribution in [3.8, 4) is 6.07 Å². The molecular weight excluding hydrogens is 292 g/mol. The average Bonchev–Trinajstić information content (AvgIpc) is 3.03. The molecule has 2 aromatic heterocycles. The number of aryl methyl sites for hydroxylation is 1. The number of thiazole rings is 1. The summed E-state index contributed by atoms with van der Waals surface area (Å²) in [7, 11) is 0. The second-order valence-electron chi connectivity index (χ2n) is 4.93. The Labute approximate surface area is 133 Å². The summed E-state index contributed by atoms with van der Waals surface area (Å²) in [5.41, 5.74) is 2.33. The Hall–Kier alpha value is -2.45. The molecule has 0 amide bonds. The highest BCUT2D eigenvalue weighted by Gasteiger charge is 2.08. The van der Waals surface area contributed by atoms with Gasteiger partial charge in [-0.15, -0.1) is 11.3 Å². The SMILES string of the molecule is CCc1cnc(CCNc2c(C#N)cnc3ccccc23)s1. The number of hydrogen-bond acceptors (Lipinski definition) is 5. The fraction of sp³-hybridized carbons (Fsp3) is 0.235. The van der Waals surface area contributed by atoms with Gasteiger partial charge >= 0.3 is 0 Å². The van der Waals surface area contributed by atoms with Gasteiger partial charge in [0.15, 0.2) is 0 Å². The Morgan fingerprint density at radius 1 is 1.23 bits per heavy atom. The van der Waals surface area contributed by atoms with Crippen molar-refractivity contribution >= 4 is 27.9 Å². The van der Waals surface area contributed by atoms with Gasteiger partial charge in [-0.25, -0.2) is 4.98 Å². The normalized spacial score (nSPS) is 10.5. The molecule has 0 saturated heterocycles. The molecule has 3 aromatic rings. The molecule has 22 heavy (non-hydrogen) atoms. The van der Waals surface area contributed by atoms with Crippen molar-refractivity contribution in [2.45, 2.75) is 19.8 Å². The van der Waals surface area contributed by atoms with Gasteiger partial charge in [-0.05, 0) is 12.5 Å². The average molecular weight is 308 g/mol. The van der Waals surface area contributed by atoms with E-state index in [4.69, 9.17) is 0 Å². The predicted octanol–water partition coefficient (Wildman–Crippen LogP) is 3.78. The van der Waals surface area contributed by atoms with Crippen LogP contribution in [0.5, 0.6) is 0 Å². The highest BCUT2D eigenvalue weighted by molar-refractivity contribution is 7.11. The van der Waals surface area contributed by atoms with Gasteiger partial charge in [0.25, 0.3) is 0 Å². The third-order valence-electron chi connectivity index (χ3n) is 3.49. The standard InChI is InChI=1S/C17H16N4S/c1-2-13-11-21-16(22-13)7-8-19-17-12(9-18)10-20-15-6-4-3-5-14(15)17/h3-6,10-11H,2,7-8H2,1H3,(H,19,20). The molecule has 2 heterocycles. The smallest absolute Gasteiger partial charge is 0.103 e. The first-order chi connectivity index (χ1) is 10.8. The van der Waals surface area contributed by atoms with Crippen molar-refractivity contribution in [3.63, 3.8) is 0 Å². The Morgan fingerprint density at radius 3 is 2.86 bits per heavy atom. The first kappa shape index (κ1) is 14.5. The zero-order chi connectivity index (χ0) is 15.4. The summed E-state index contributed by atoms with van der Waals surface area (Å²) in [6, 6.07) is 10.1. The monoisotopic (exact) mass is 308 g/mol. The molecule has 0 aliphatic heterocycles. The number of hydrogen-bond donors (Lipinski definition) is 1. The van der Waals surface area contributed by atoms with Crippen LogP contribution >= 0.6 is 11.3 Å². The molecule has 0 bridgehead atoms. The molecule has 0 fully saturated rings. The lowest BCUT2D eigenvalue weighted by molar-refractivity contribution is 0.997. The number of rotatable bonds is 5. The van der Waals surface area contributed by atoms with Gasteiger partial charge in [0.05, 0.1) is 21.8 Å². The zero-order valence-electron chi connectivity index (χ0n) is 12.3. The molecule has 4 nitrogen and oxygen atoms in total. The maximum Gasteiger partial charge on any atom is 0.103 e. The second-order valence-corrected chi connectivity index (χ2v) is 6.13. The fourth-order valence-electron chi connectivity index (χ4n) is 2.34. The molecule has 0 aliphatic rings. The Morgan fingerprint density at radius 2 is 2.09 bits per heavy atom. The number of para-hydroxylation sites is 1. The molecule has 0 atom stereocenters. The maximum absolute atomic E-state index is 9.29. The van der Waals surface area contributed by atoms with E-state index in [2.05, 4.69) is 28.3 Å². The molecule has 5 heteroatoms. The molecule has 0 spiro atoms. The summed E-state index contributed by atoms with van der Waals surface area (Å²) < 4.78 is 0. The first-order valence-corrected chi connectivity index (χ1v) is 8.08. The lowest BCUT2D eigenvalue weighted by Crippen LogP contribution is -2.07. The quantitative estimate of drug-likeness (QED) is 0.779. The first-order valence-electron chi connectivity index (χ1n) is 7.27. The van der Waals surface area contributed by atoms with Crippen LogP contribution in [0.15, 0.2) is 36.7 Å². The van der Waals surface area contributed by atoms with Crippen LogP contribution < -0.4 is 5.32 Å². The van der Waals surface area contributed by atoms with Crippen molar-refractivity contribution in [1.82, 2.24) is 9.97 Å². The number of benzene rings is 1. The summed E-state index contributed by atoms with van der Waals surface area (Å²) in [6.45, 7) is 2.89. The minimum Gasteiger partial charge on any atom is -0.383 e. The number of aromatic nitrogens is 2. The lowest BCUT2D eigenvalue weighted by atomic mass is 10.1. The summed E-state index contributed by atoms with van der Waals surface area (Å²) in [5.74, 6) is 0. The molecule has 0 aliphatic carbocycles. The molecule has 0 radical (unpaired) electrons. The van der Waals surface area contributed by atoms with Crippen LogP contribution in [0, 0.1) is 11.3 Å². The maximum atomic E-state index is 9.29. The summed E-state index contributed by atoms with van der Waals surface area (Å²) >= 11 is 1.75. The van der Waals surface area contributed by atoms with E-state index < -0.39 is 0 Å². The second kappa shape index (κ2) is 6.54. The van der Waals surface area contributed by atoms with E-state index in [1.807, 2.05) is 30.5 Å². The fourth-order valence-corrected chi connectivity index (χ4v) is 3.20. The minimum absolute atomic E-state index is 0.576. The number of nitrogens with one attached hydrogen (secondary N) is 1. The summed E-state index contributed by atoms with van der Waals surface area (Å²) in [6.07, 6.45) is 5.46. The van der Waals surface area contributed by atoms with Gasteiger partial charge in [-0.1, -0.05) is 25.1 Å². The van der Waals surface area contributed by atoms with E-state index >= 15 is 0 Å². The van der Waals surface area contributed by atoms with Gasteiger partial charge in [-0.3, -0.25) is 4.98 Å². The van der Waals surface area contributed by atoms with Gasteiger partial charge in [0.1, 0.15) is 6.07 Å². The highest BCUT2D eigenvalue weighted by atomic mass is 32.1. The Balaban J connectivity index is 1.79. The van der Waals surface area contributed by atoms with Crippen LogP contribution in [0.4, 0.5) is 5.69 Å². The van der Waals surface area contributed by atoms with Crippen LogP contribution in [0.25, 0.3) is 10.9 Å². The molecule has 110 valence electrons. The van der Waals surface area contributed by atoms with Crippen LogP contribution in [-0.4, -0.2) is 16.5 Å². The van der Waals surface area contributed by atoms with Crippen molar-refractivity contribution in [1.29, 1.82) is 5.26 Å². The van der Waals surface area contributed by atoms with E-state index in [9.17, 15) is 5.26 Å². The van der Waals surface area contributed by atoms with Crippen molar-refractivity contribution in [2.24, 2.45) is 0 Å². The van der Waals surface area contributed by atoms with Crippen molar-refractivity contribution < 1.29 is 0 Å². The highest BCUT2D eigenvalue weighted by Crippen LogP contribution is 2.25. The van der Waals surface area contributed by atoms with Crippen molar-refractivity contribution in [2.75, 3.05) is 11.9 Å². The van der Waals surface area contributed by atoms with E-state index in [1.54, 1.807) is 17.5 Å². The van der Waals surface area contributed by atoms with Crippen LogP contribution in [0.1, 0.15) is 22.4 Å². The topological polar surface area (TPSA) is 61.6 Å². The predicted molar refractivity (Wildman–Crippen MR) is 90.1 cm³/mol. The third-order valence-corrected chi connectivity index (χ3v) is 4.69. The Kier molecular flexibility index (Phi) is 4.31. The number of nitriles is 1. The van der Waals surface area contributed by atoms with E-state index in [1.165, 1.54) is 4.88 Å². The molecule has 0 saturated carbocycles. The molecule has 1 N–H and O–H groups in total. The molecular formula is C17H16N4S. The Bertz CT molecular complexity index is 832. The van der Waals surface area contributed by atoms with Gasteiger partial charge in [0, 0.05) is 35.6 Å². The summed E-state index contributed by atoms with van der Waals surface area (Å²) in [5, 5.41) is 14.8. The van der Waals surface area contributed by atoms with E-state index in [0.717, 1.165) is 41.0 Å². The van der Waals surface area contributed by atoms with E-state index in [-0.39, 0.29) is 0 Å². The van der Waals surface area contributed by atoms with Gasteiger partial charge in [0.2, 0.25) is 0 Å². The van der Waals surface area contributed by atoms with Gasteiger partial charge < -0.3 is 5.32 Å². The zero-order valence-corrected chi connectivity index (χ0v) is 13.2.